The Balaban J connectivity index is 1.43. The van der Waals surface area contributed by atoms with E-state index >= 15 is 0 Å². The van der Waals surface area contributed by atoms with Gasteiger partial charge in [-0.05, 0) is 61.4 Å². The number of fused-ring (bicyclic) bond motifs is 1. The second-order valence-corrected chi connectivity index (χ2v) is 9.69. The third-order valence-corrected chi connectivity index (χ3v) is 7.53. The molecule has 30 heavy (non-hydrogen) atoms. The molecule has 3 atom stereocenters. The van der Waals surface area contributed by atoms with Gasteiger partial charge in [-0.25, -0.2) is 13.9 Å². The maximum atomic E-state index is 13.1. The van der Waals surface area contributed by atoms with Crippen LogP contribution in [0.15, 0.2) is 53.4 Å². The van der Waals surface area contributed by atoms with Gasteiger partial charge in [-0.1, -0.05) is 11.6 Å². The van der Waals surface area contributed by atoms with Crippen LogP contribution in [0.3, 0.4) is 0 Å². The summed E-state index contributed by atoms with van der Waals surface area (Å²) in [5, 5.41) is 9.38. The van der Waals surface area contributed by atoms with Gasteiger partial charge in [0.05, 0.1) is 11.0 Å². The number of nitrogens with one attached hydrogen (secondary N) is 1. The van der Waals surface area contributed by atoms with Crippen LogP contribution in [0, 0.1) is 5.92 Å². The monoisotopic (exact) mass is 452 g/mol. The summed E-state index contributed by atoms with van der Waals surface area (Å²) in [6.07, 6.45) is -0.0702. The number of rotatable bonds is 5. The standard InChI is InChI=1S/C20H21ClN2O6S/c21-14-1-3-15(4-2-14)28-16-5-7-17(8-6-16)30(26,27)23-10-9-18-13(12-23)11-19(29-18)20(24)22-25/h1-8,13,18-19,25H,9-12H2,(H,22,24). The van der Waals surface area contributed by atoms with Crippen LogP contribution < -0.4 is 10.2 Å². The molecule has 0 spiro atoms. The quantitative estimate of drug-likeness (QED) is 0.534. The van der Waals surface area contributed by atoms with Gasteiger partial charge >= 0.3 is 0 Å². The van der Waals surface area contributed by atoms with Gasteiger partial charge in [0.2, 0.25) is 10.0 Å². The highest BCUT2D eigenvalue weighted by atomic mass is 35.5. The van der Waals surface area contributed by atoms with E-state index in [0.29, 0.717) is 35.9 Å². The van der Waals surface area contributed by atoms with Crippen molar-refractivity contribution in [2.45, 2.75) is 29.9 Å². The molecule has 0 aliphatic carbocycles. The Kier molecular flexibility index (Phi) is 5.99. The van der Waals surface area contributed by atoms with E-state index in [1.807, 2.05) is 0 Å². The first-order valence-corrected chi connectivity index (χ1v) is 11.3. The third-order valence-electron chi connectivity index (χ3n) is 5.40. The van der Waals surface area contributed by atoms with Crippen molar-refractivity contribution in [3.63, 3.8) is 0 Å². The van der Waals surface area contributed by atoms with E-state index in [-0.39, 0.29) is 23.5 Å². The van der Waals surface area contributed by atoms with Gasteiger partial charge in [-0.15, -0.1) is 0 Å². The highest BCUT2D eigenvalue weighted by molar-refractivity contribution is 7.89. The maximum Gasteiger partial charge on any atom is 0.272 e. The molecule has 2 aliphatic rings. The number of ether oxygens (including phenoxy) is 2. The summed E-state index contributed by atoms with van der Waals surface area (Å²) < 4.78 is 38.9. The van der Waals surface area contributed by atoms with Crippen molar-refractivity contribution in [1.29, 1.82) is 0 Å². The Morgan fingerprint density at radius 3 is 2.40 bits per heavy atom. The Morgan fingerprint density at radius 1 is 1.13 bits per heavy atom. The van der Waals surface area contributed by atoms with E-state index in [4.69, 9.17) is 26.3 Å². The number of carbonyl (C=O) groups excluding carboxylic acids is 1. The molecule has 4 rings (SSSR count). The first kappa shape index (κ1) is 21.1. The number of benzene rings is 2. The first-order chi connectivity index (χ1) is 14.4. The number of sulfonamides is 1. The Bertz CT molecular complexity index is 1010. The predicted molar refractivity (Wildman–Crippen MR) is 108 cm³/mol. The Labute approximate surface area is 179 Å². The maximum absolute atomic E-state index is 13.1. The molecule has 2 heterocycles. The lowest BCUT2D eigenvalue weighted by Gasteiger charge is -2.33. The molecule has 0 bridgehead atoms. The van der Waals surface area contributed by atoms with Gasteiger partial charge in [0.25, 0.3) is 5.91 Å². The van der Waals surface area contributed by atoms with Crippen LogP contribution in [0.4, 0.5) is 0 Å². The van der Waals surface area contributed by atoms with E-state index in [1.54, 1.807) is 41.9 Å². The molecule has 0 saturated carbocycles. The van der Waals surface area contributed by atoms with Gasteiger partial charge < -0.3 is 9.47 Å². The lowest BCUT2D eigenvalue weighted by atomic mass is 9.94. The van der Waals surface area contributed by atoms with Gasteiger partial charge in [-0.3, -0.25) is 10.0 Å². The SMILES string of the molecule is O=C(NO)C1CC2CN(S(=O)(=O)c3ccc(Oc4ccc(Cl)cc4)cc3)CCC2O1. The fourth-order valence-electron chi connectivity index (χ4n) is 3.85. The number of carbonyl (C=O) groups is 1. The lowest BCUT2D eigenvalue weighted by molar-refractivity contribution is -0.141. The van der Waals surface area contributed by atoms with Crippen LogP contribution in [0.25, 0.3) is 0 Å². The van der Waals surface area contributed by atoms with E-state index in [2.05, 4.69) is 0 Å². The van der Waals surface area contributed by atoms with Crippen LogP contribution in [0.2, 0.25) is 5.02 Å². The second-order valence-electron chi connectivity index (χ2n) is 7.31. The highest BCUT2D eigenvalue weighted by Gasteiger charge is 2.44. The molecule has 2 aromatic carbocycles. The zero-order valence-corrected chi connectivity index (χ0v) is 17.5. The van der Waals surface area contributed by atoms with Crippen molar-refractivity contribution in [3.8, 4) is 11.5 Å². The molecule has 3 unspecified atom stereocenters. The van der Waals surface area contributed by atoms with E-state index in [1.165, 1.54) is 16.4 Å². The summed E-state index contributed by atoms with van der Waals surface area (Å²) in [7, 11) is -3.68. The van der Waals surface area contributed by atoms with Crippen LogP contribution >= 0.6 is 11.6 Å². The van der Waals surface area contributed by atoms with Gasteiger partial charge in [-0.2, -0.15) is 4.31 Å². The van der Waals surface area contributed by atoms with Crippen molar-refractivity contribution in [1.82, 2.24) is 9.79 Å². The number of hydrogen-bond donors (Lipinski definition) is 2. The average molecular weight is 453 g/mol. The molecule has 2 aromatic rings. The summed E-state index contributed by atoms with van der Waals surface area (Å²) >= 11 is 5.86. The fraction of sp³-hybridized carbons (Fsp3) is 0.350. The van der Waals surface area contributed by atoms with Gasteiger partial charge in [0.1, 0.15) is 17.6 Å². The van der Waals surface area contributed by atoms with Crippen molar-refractivity contribution < 1.29 is 27.9 Å². The Morgan fingerprint density at radius 2 is 1.77 bits per heavy atom. The summed E-state index contributed by atoms with van der Waals surface area (Å²) in [5.74, 6) is 0.412. The summed E-state index contributed by atoms with van der Waals surface area (Å²) in [5.41, 5.74) is 1.60. The lowest BCUT2D eigenvalue weighted by Crippen LogP contribution is -2.44. The molecule has 2 saturated heterocycles. The average Bonchev–Trinajstić information content (AvgIpc) is 3.19. The summed E-state index contributed by atoms with van der Waals surface area (Å²) in [4.78, 5) is 11.8. The molecule has 2 fully saturated rings. The third kappa shape index (κ3) is 4.30. The van der Waals surface area contributed by atoms with E-state index in [0.717, 1.165) is 0 Å². The number of hydroxylamine groups is 1. The molecule has 10 heteroatoms. The smallest absolute Gasteiger partial charge is 0.272 e. The first-order valence-electron chi connectivity index (χ1n) is 9.50. The molecular formula is C20H21ClN2O6S. The van der Waals surface area contributed by atoms with Crippen molar-refractivity contribution >= 4 is 27.5 Å². The number of nitrogens with zero attached hydrogens (tertiary/aromatic N) is 1. The van der Waals surface area contributed by atoms with Crippen LogP contribution in [-0.4, -0.2) is 49.1 Å². The van der Waals surface area contributed by atoms with E-state index in [9.17, 15) is 13.2 Å². The zero-order chi connectivity index (χ0) is 21.3. The van der Waals surface area contributed by atoms with Gasteiger partial charge in [0.15, 0.2) is 0 Å². The number of hydrogen-bond acceptors (Lipinski definition) is 6. The minimum Gasteiger partial charge on any atom is -0.457 e. The predicted octanol–water partition coefficient (Wildman–Crippen LogP) is 2.81. The Hall–Kier alpha value is -2.17. The normalized spacial score (nSPS) is 24.3. The molecule has 8 nitrogen and oxygen atoms in total. The molecule has 1 amide bonds. The number of amides is 1. The topological polar surface area (TPSA) is 105 Å². The zero-order valence-electron chi connectivity index (χ0n) is 15.9. The summed E-state index contributed by atoms with van der Waals surface area (Å²) in [6.45, 7) is 0.575. The van der Waals surface area contributed by atoms with Crippen LogP contribution in [-0.2, 0) is 19.6 Å². The van der Waals surface area contributed by atoms with Crippen molar-refractivity contribution in [3.05, 3.63) is 53.6 Å². The van der Waals surface area contributed by atoms with Gasteiger partial charge in [0, 0.05) is 24.0 Å². The molecule has 0 radical (unpaired) electrons. The largest absolute Gasteiger partial charge is 0.457 e. The summed E-state index contributed by atoms with van der Waals surface area (Å²) in [6, 6.07) is 13.1. The number of halogens is 1. The van der Waals surface area contributed by atoms with Crippen LogP contribution in [0.1, 0.15) is 12.8 Å². The highest BCUT2D eigenvalue weighted by Crippen LogP contribution is 2.35. The molecule has 160 valence electrons. The van der Waals surface area contributed by atoms with Crippen LogP contribution in [0.5, 0.6) is 11.5 Å². The second kappa shape index (κ2) is 8.52. The van der Waals surface area contributed by atoms with Crippen molar-refractivity contribution in [2.75, 3.05) is 13.1 Å². The minimum absolute atomic E-state index is 0.0941. The van der Waals surface area contributed by atoms with E-state index < -0.39 is 22.0 Å². The molecule has 2 N–H and O–H groups in total. The number of piperidine rings is 1. The molecular weight excluding hydrogens is 432 g/mol. The fourth-order valence-corrected chi connectivity index (χ4v) is 5.49. The molecule has 0 aromatic heterocycles. The molecule has 2 aliphatic heterocycles. The van der Waals surface area contributed by atoms with Crippen molar-refractivity contribution in [2.24, 2.45) is 5.92 Å². The minimum atomic E-state index is -3.68.